The van der Waals surface area contributed by atoms with Crippen LogP contribution in [0.25, 0.3) is 0 Å². The van der Waals surface area contributed by atoms with Gasteiger partial charge >= 0.3 is 17.9 Å². The SMILES string of the molecule is CCOC(=O)C1OC(=O)C(OCC=C(C)CCC=C(C)CCC=C(C)C)C1C(=O)OCC. The number of carbonyl (C=O) groups is 3. The summed E-state index contributed by atoms with van der Waals surface area (Å²) in [5.74, 6) is -3.43. The fourth-order valence-electron chi connectivity index (χ4n) is 3.28. The summed E-state index contributed by atoms with van der Waals surface area (Å²) in [6.45, 7) is 12.0. The van der Waals surface area contributed by atoms with Gasteiger partial charge in [0.1, 0.15) is 5.92 Å². The lowest BCUT2D eigenvalue weighted by atomic mass is 9.98. The average molecular weight is 451 g/mol. The van der Waals surface area contributed by atoms with Crippen molar-refractivity contribution in [3.05, 3.63) is 34.9 Å². The van der Waals surface area contributed by atoms with E-state index >= 15 is 0 Å². The minimum absolute atomic E-state index is 0.110. The van der Waals surface area contributed by atoms with Crippen LogP contribution in [0.1, 0.15) is 67.2 Å². The Hall–Kier alpha value is -2.41. The van der Waals surface area contributed by atoms with Crippen LogP contribution >= 0.6 is 0 Å². The first kappa shape index (κ1) is 27.6. The van der Waals surface area contributed by atoms with Crippen molar-refractivity contribution in [3.63, 3.8) is 0 Å². The number of esters is 3. The van der Waals surface area contributed by atoms with E-state index in [1.54, 1.807) is 13.8 Å². The molecule has 0 amide bonds. The summed E-state index contributed by atoms with van der Waals surface area (Å²) in [5.41, 5.74) is 3.81. The second-order valence-corrected chi connectivity index (χ2v) is 8.10. The van der Waals surface area contributed by atoms with Crippen LogP contribution < -0.4 is 0 Å². The highest BCUT2D eigenvalue weighted by Crippen LogP contribution is 2.28. The van der Waals surface area contributed by atoms with Crippen LogP contribution in [0.2, 0.25) is 0 Å². The largest absolute Gasteiger partial charge is 0.466 e. The lowest BCUT2D eigenvalue weighted by Gasteiger charge is -2.18. The van der Waals surface area contributed by atoms with E-state index in [0.717, 1.165) is 31.3 Å². The Morgan fingerprint density at radius 1 is 0.875 bits per heavy atom. The summed E-state index contributed by atoms with van der Waals surface area (Å²) in [5, 5.41) is 0. The Morgan fingerprint density at radius 3 is 2.03 bits per heavy atom. The molecule has 3 atom stereocenters. The van der Waals surface area contributed by atoms with Gasteiger partial charge in [0.15, 0.2) is 6.10 Å². The van der Waals surface area contributed by atoms with Crippen LogP contribution in [0, 0.1) is 5.92 Å². The fourth-order valence-corrected chi connectivity index (χ4v) is 3.28. The maximum absolute atomic E-state index is 12.4. The number of ether oxygens (including phenoxy) is 4. The van der Waals surface area contributed by atoms with Gasteiger partial charge in [0.2, 0.25) is 6.10 Å². The van der Waals surface area contributed by atoms with Crippen LogP contribution in [0.4, 0.5) is 0 Å². The van der Waals surface area contributed by atoms with E-state index in [1.165, 1.54) is 11.1 Å². The number of hydrogen-bond acceptors (Lipinski definition) is 7. The van der Waals surface area contributed by atoms with Gasteiger partial charge in [0.25, 0.3) is 0 Å². The molecule has 1 fully saturated rings. The van der Waals surface area contributed by atoms with Gasteiger partial charge in [0, 0.05) is 0 Å². The smallest absolute Gasteiger partial charge is 0.348 e. The molecule has 0 N–H and O–H groups in total. The van der Waals surface area contributed by atoms with E-state index in [4.69, 9.17) is 18.9 Å². The molecule has 0 aromatic heterocycles. The Bertz CT molecular complexity index is 729. The molecule has 1 saturated heterocycles. The third-order valence-electron chi connectivity index (χ3n) is 5.04. The van der Waals surface area contributed by atoms with E-state index < -0.39 is 36.0 Å². The molecule has 0 aliphatic carbocycles. The predicted molar refractivity (Wildman–Crippen MR) is 122 cm³/mol. The second kappa shape index (κ2) is 14.6. The number of rotatable bonds is 13. The molecule has 0 bridgehead atoms. The minimum Gasteiger partial charge on any atom is -0.466 e. The van der Waals surface area contributed by atoms with Crippen molar-refractivity contribution in [1.82, 2.24) is 0 Å². The Labute approximate surface area is 191 Å². The summed E-state index contributed by atoms with van der Waals surface area (Å²) < 4.78 is 20.7. The molecule has 0 aromatic rings. The van der Waals surface area contributed by atoms with Gasteiger partial charge in [0.05, 0.1) is 19.8 Å². The number of hydrogen-bond donors (Lipinski definition) is 0. The zero-order valence-corrected chi connectivity index (χ0v) is 20.3. The highest BCUT2D eigenvalue weighted by Gasteiger charge is 2.54. The van der Waals surface area contributed by atoms with Crippen molar-refractivity contribution in [2.75, 3.05) is 19.8 Å². The lowest BCUT2D eigenvalue weighted by molar-refractivity contribution is -0.166. The minimum atomic E-state index is -1.35. The molecule has 7 nitrogen and oxygen atoms in total. The standard InChI is InChI=1S/C25H38O7/c1-7-29-23(26)20-21(25(28)32-22(20)24(27)30-8-2)31-16-15-19(6)14-10-13-18(5)12-9-11-17(3)4/h11,13,15,20-22H,7-10,12,14,16H2,1-6H3. The van der Waals surface area contributed by atoms with Crippen molar-refractivity contribution < 1.29 is 33.3 Å². The third kappa shape index (κ3) is 9.39. The highest BCUT2D eigenvalue weighted by atomic mass is 16.6. The van der Waals surface area contributed by atoms with Crippen LogP contribution in [-0.2, 0) is 33.3 Å². The van der Waals surface area contributed by atoms with Crippen molar-refractivity contribution in [2.45, 2.75) is 79.4 Å². The topological polar surface area (TPSA) is 88.1 Å². The molecule has 0 saturated carbocycles. The number of allylic oxidation sites excluding steroid dienone is 5. The Balaban J connectivity index is 2.64. The van der Waals surface area contributed by atoms with Gasteiger partial charge in [-0.25, -0.2) is 9.59 Å². The zero-order valence-electron chi connectivity index (χ0n) is 20.3. The van der Waals surface area contributed by atoms with Crippen LogP contribution in [0.15, 0.2) is 34.9 Å². The molecule has 1 aliphatic rings. The maximum atomic E-state index is 12.4. The summed E-state index contributed by atoms with van der Waals surface area (Å²) >= 11 is 0. The van der Waals surface area contributed by atoms with Gasteiger partial charge < -0.3 is 18.9 Å². The molecule has 7 heteroatoms. The van der Waals surface area contributed by atoms with E-state index in [2.05, 4.69) is 32.9 Å². The Morgan fingerprint density at radius 2 is 1.44 bits per heavy atom. The predicted octanol–water partition coefficient (Wildman–Crippen LogP) is 4.46. The molecule has 1 aliphatic heterocycles. The van der Waals surface area contributed by atoms with Crippen molar-refractivity contribution in [1.29, 1.82) is 0 Å². The van der Waals surface area contributed by atoms with Gasteiger partial charge in [-0.2, -0.15) is 0 Å². The van der Waals surface area contributed by atoms with Gasteiger partial charge in [-0.1, -0.05) is 34.9 Å². The first-order valence-corrected chi connectivity index (χ1v) is 11.3. The molecule has 0 spiro atoms. The van der Waals surface area contributed by atoms with E-state index in [-0.39, 0.29) is 19.8 Å². The lowest BCUT2D eigenvalue weighted by Crippen LogP contribution is -2.40. The maximum Gasteiger partial charge on any atom is 0.348 e. The highest BCUT2D eigenvalue weighted by molar-refractivity contribution is 5.94. The Kier molecular flexibility index (Phi) is 12.6. The second-order valence-electron chi connectivity index (χ2n) is 8.10. The molecule has 1 rings (SSSR count). The third-order valence-corrected chi connectivity index (χ3v) is 5.04. The van der Waals surface area contributed by atoms with E-state index in [0.29, 0.717) is 0 Å². The summed E-state index contributed by atoms with van der Waals surface area (Å²) in [6.07, 6.45) is 7.70. The molecule has 1 heterocycles. The first-order valence-electron chi connectivity index (χ1n) is 11.3. The fraction of sp³-hybridized carbons (Fsp3) is 0.640. The molecule has 0 aromatic carbocycles. The quantitative estimate of drug-likeness (QED) is 0.233. The molecule has 32 heavy (non-hydrogen) atoms. The van der Waals surface area contributed by atoms with Gasteiger partial charge in [-0.15, -0.1) is 0 Å². The summed E-state index contributed by atoms with van der Waals surface area (Å²) in [6, 6.07) is 0. The average Bonchev–Trinajstić information content (AvgIpc) is 3.04. The van der Waals surface area contributed by atoms with Crippen molar-refractivity contribution in [3.8, 4) is 0 Å². The number of carbonyl (C=O) groups excluding carboxylic acids is 3. The van der Waals surface area contributed by atoms with E-state index in [9.17, 15) is 14.4 Å². The molecular formula is C25H38O7. The summed E-state index contributed by atoms with van der Waals surface area (Å²) in [7, 11) is 0. The first-order chi connectivity index (χ1) is 15.2. The summed E-state index contributed by atoms with van der Waals surface area (Å²) in [4.78, 5) is 36.8. The zero-order chi connectivity index (χ0) is 24.1. The molecule has 180 valence electrons. The van der Waals surface area contributed by atoms with Crippen molar-refractivity contribution >= 4 is 17.9 Å². The molecule has 3 unspecified atom stereocenters. The van der Waals surface area contributed by atoms with Crippen molar-refractivity contribution in [2.24, 2.45) is 5.92 Å². The molecule has 0 radical (unpaired) electrons. The van der Waals surface area contributed by atoms with Gasteiger partial charge in [-0.05, 0) is 67.2 Å². The van der Waals surface area contributed by atoms with E-state index in [1.807, 2.05) is 13.0 Å². The van der Waals surface area contributed by atoms with Crippen LogP contribution in [-0.4, -0.2) is 49.9 Å². The number of cyclic esters (lactones) is 1. The normalized spacial score (nSPS) is 21.2. The van der Waals surface area contributed by atoms with Crippen LogP contribution in [0.3, 0.4) is 0 Å². The van der Waals surface area contributed by atoms with Gasteiger partial charge in [-0.3, -0.25) is 4.79 Å². The monoisotopic (exact) mass is 450 g/mol. The van der Waals surface area contributed by atoms with Crippen LogP contribution in [0.5, 0.6) is 0 Å². The molecular weight excluding hydrogens is 412 g/mol.